The molecule has 158 valence electrons. The maximum atomic E-state index is 13.3. The van der Waals surface area contributed by atoms with Gasteiger partial charge in [-0.25, -0.2) is 18.7 Å². The lowest BCUT2D eigenvalue weighted by molar-refractivity contribution is -0.116. The van der Waals surface area contributed by atoms with Gasteiger partial charge in [0.15, 0.2) is 9.99 Å². The number of amides is 1. The number of fused-ring (bicyclic) bond motifs is 1. The van der Waals surface area contributed by atoms with Crippen LogP contribution < -0.4 is 16.6 Å². The highest BCUT2D eigenvalue weighted by atomic mass is 32.2. The molecule has 0 radical (unpaired) electrons. The standard InChI is InChI=1S/C21H17FN4O3S2/c1-12-3-9-15(10-4-12)26-19(28)17-18(24-20(30-2)31-17)25(21(26)29)11-16(27)23-14-7-5-13(22)6-8-14/h3-10H,11H2,1-2H3,(H,23,27). The predicted molar refractivity (Wildman–Crippen MR) is 121 cm³/mol. The van der Waals surface area contributed by atoms with E-state index in [-0.39, 0.29) is 12.2 Å². The number of hydrogen-bond donors (Lipinski definition) is 1. The lowest BCUT2D eigenvalue weighted by atomic mass is 10.2. The van der Waals surface area contributed by atoms with E-state index in [1.54, 1.807) is 24.3 Å². The summed E-state index contributed by atoms with van der Waals surface area (Å²) in [6.07, 6.45) is 1.82. The quantitative estimate of drug-likeness (QED) is 0.465. The summed E-state index contributed by atoms with van der Waals surface area (Å²) in [5.41, 5.74) is 0.826. The van der Waals surface area contributed by atoms with Crippen molar-refractivity contribution in [2.75, 3.05) is 11.6 Å². The van der Waals surface area contributed by atoms with Crippen molar-refractivity contribution in [3.63, 3.8) is 0 Å². The Bertz CT molecular complexity index is 1390. The smallest absolute Gasteiger partial charge is 0.325 e. The maximum absolute atomic E-state index is 13.3. The van der Waals surface area contributed by atoms with Crippen molar-refractivity contribution in [3.8, 4) is 5.69 Å². The molecule has 2 aromatic carbocycles. The molecule has 2 aromatic heterocycles. The first-order chi connectivity index (χ1) is 14.9. The Morgan fingerprint density at radius 2 is 1.81 bits per heavy atom. The number of nitrogens with one attached hydrogen (secondary N) is 1. The zero-order valence-electron chi connectivity index (χ0n) is 16.6. The minimum atomic E-state index is -0.659. The van der Waals surface area contributed by atoms with Crippen molar-refractivity contribution in [1.82, 2.24) is 14.1 Å². The van der Waals surface area contributed by atoms with Crippen LogP contribution in [-0.4, -0.2) is 26.3 Å². The number of aromatic nitrogens is 3. The van der Waals surface area contributed by atoms with Gasteiger partial charge in [-0.05, 0) is 49.6 Å². The normalized spacial score (nSPS) is 11.1. The third kappa shape index (κ3) is 4.17. The van der Waals surface area contributed by atoms with Crippen LogP contribution in [0.2, 0.25) is 0 Å². The van der Waals surface area contributed by atoms with Crippen molar-refractivity contribution in [2.45, 2.75) is 17.8 Å². The Labute approximate surface area is 184 Å². The van der Waals surface area contributed by atoms with Crippen LogP contribution >= 0.6 is 23.1 Å². The van der Waals surface area contributed by atoms with Crippen molar-refractivity contribution < 1.29 is 9.18 Å². The molecule has 4 aromatic rings. The topological polar surface area (TPSA) is 86.0 Å². The first-order valence-corrected chi connectivity index (χ1v) is 11.2. The molecule has 4 rings (SSSR count). The van der Waals surface area contributed by atoms with E-state index in [0.717, 1.165) is 10.1 Å². The van der Waals surface area contributed by atoms with Crippen LogP contribution in [0, 0.1) is 12.7 Å². The van der Waals surface area contributed by atoms with Gasteiger partial charge in [-0.2, -0.15) is 0 Å². The molecular formula is C21H17FN4O3S2. The number of carbonyl (C=O) groups is 1. The Kier molecular flexibility index (Phi) is 5.75. The van der Waals surface area contributed by atoms with Crippen molar-refractivity contribution >= 4 is 45.0 Å². The van der Waals surface area contributed by atoms with E-state index in [4.69, 9.17) is 0 Å². The molecular weight excluding hydrogens is 439 g/mol. The van der Waals surface area contributed by atoms with Crippen LogP contribution in [0.1, 0.15) is 5.56 Å². The predicted octanol–water partition coefficient (Wildman–Crippen LogP) is 3.42. The van der Waals surface area contributed by atoms with Gasteiger partial charge in [-0.3, -0.25) is 14.2 Å². The monoisotopic (exact) mass is 456 g/mol. The number of thioether (sulfide) groups is 1. The van der Waals surface area contributed by atoms with Gasteiger partial charge in [-0.15, -0.1) is 11.3 Å². The van der Waals surface area contributed by atoms with Crippen LogP contribution in [-0.2, 0) is 11.3 Å². The van der Waals surface area contributed by atoms with E-state index in [1.807, 2.05) is 13.2 Å². The Morgan fingerprint density at radius 1 is 1.13 bits per heavy atom. The molecule has 0 saturated heterocycles. The number of hydrogen-bond acceptors (Lipinski definition) is 6. The van der Waals surface area contributed by atoms with E-state index in [9.17, 15) is 18.8 Å². The lowest BCUT2D eigenvalue weighted by Crippen LogP contribution is -2.40. The second-order valence-corrected chi connectivity index (χ2v) is 8.79. The highest BCUT2D eigenvalue weighted by Gasteiger charge is 2.20. The summed E-state index contributed by atoms with van der Waals surface area (Å²) in [4.78, 5) is 43.4. The summed E-state index contributed by atoms with van der Waals surface area (Å²) in [5.74, 6) is -0.920. The minimum Gasteiger partial charge on any atom is -0.325 e. The van der Waals surface area contributed by atoms with Crippen LogP contribution in [0.4, 0.5) is 10.1 Å². The average Bonchev–Trinajstić information content (AvgIpc) is 3.19. The number of anilines is 1. The van der Waals surface area contributed by atoms with Gasteiger partial charge in [0, 0.05) is 5.69 Å². The molecule has 0 aliphatic rings. The largest absolute Gasteiger partial charge is 0.337 e. The van der Waals surface area contributed by atoms with E-state index < -0.39 is 23.0 Å². The van der Waals surface area contributed by atoms with Crippen LogP contribution in [0.3, 0.4) is 0 Å². The van der Waals surface area contributed by atoms with Gasteiger partial charge in [0.05, 0.1) is 5.69 Å². The zero-order chi connectivity index (χ0) is 22.1. The molecule has 0 aliphatic heterocycles. The zero-order valence-corrected chi connectivity index (χ0v) is 18.2. The number of aryl methyl sites for hydroxylation is 1. The molecule has 0 saturated carbocycles. The van der Waals surface area contributed by atoms with Crippen LogP contribution in [0.25, 0.3) is 16.0 Å². The van der Waals surface area contributed by atoms with Gasteiger partial charge in [-0.1, -0.05) is 29.5 Å². The van der Waals surface area contributed by atoms with Crippen molar-refractivity contribution in [2.24, 2.45) is 0 Å². The Balaban J connectivity index is 1.83. The second kappa shape index (κ2) is 8.48. The fourth-order valence-electron chi connectivity index (χ4n) is 3.04. The average molecular weight is 457 g/mol. The number of benzene rings is 2. The molecule has 2 heterocycles. The van der Waals surface area contributed by atoms with Gasteiger partial charge >= 0.3 is 5.69 Å². The molecule has 7 nitrogen and oxygen atoms in total. The van der Waals surface area contributed by atoms with E-state index >= 15 is 0 Å². The third-order valence-electron chi connectivity index (χ3n) is 4.56. The SMILES string of the molecule is CSc1nc2c(s1)c(=O)n(-c1ccc(C)cc1)c(=O)n2CC(=O)Nc1ccc(F)cc1. The molecule has 1 amide bonds. The first kappa shape index (κ1) is 21.0. The Morgan fingerprint density at radius 3 is 2.45 bits per heavy atom. The number of halogens is 1. The molecule has 0 atom stereocenters. The molecule has 10 heteroatoms. The van der Waals surface area contributed by atoms with Crippen molar-refractivity contribution in [1.29, 1.82) is 0 Å². The molecule has 1 N–H and O–H groups in total. The van der Waals surface area contributed by atoms with Crippen LogP contribution in [0.15, 0.2) is 62.5 Å². The fraction of sp³-hybridized carbons (Fsp3) is 0.143. The highest BCUT2D eigenvalue weighted by Crippen LogP contribution is 2.25. The minimum absolute atomic E-state index is 0.168. The van der Waals surface area contributed by atoms with Gasteiger partial charge < -0.3 is 5.32 Å². The Hall–Kier alpha value is -3.24. The second-order valence-electron chi connectivity index (χ2n) is 6.74. The molecule has 0 aliphatic carbocycles. The number of nitrogens with zero attached hydrogens (tertiary/aromatic N) is 3. The number of thiazole rings is 1. The summed E-state index contributed by atoms with van der Waals surface area (Å²) in [6, 6.07) is 12.3. The summed E-state index contributed by atoms with van der Waals surface area (Å²) < 4.78 is 16.2. The molecule has 31 heavy (non-hydrogen) atoms. The van der Waals surface area contributed by atoms with Crippen molar-refractivity contribution in [3.05, 3.63) is 80.7 Å². The number of rotatable bonds is 5. The highest BCUT2D eigenvalue weighted by molar-refractivity contribution is 8.00. The van der Waals surface area contributed by atoms with Gasteiger partial charge in [0.25, 0.3) is 5.56 Å². The summed E-state index contributed by atoms with van der Waals surface area (Å²) >= 11 is 2.53. The summed E-state index contributed by atoms with van der Waals surface area (Å²) in [6.45, 7) is 1.55. The molecule has 0 bridgehead atoms. The van der Waals surface area contributed by atoms with Crippen LogP contribution in [0.5, 0.6) is 0 Å². The maximum Gasteiger partial charge on any atom is 0.337 e. The molecule has 0 fully saturated rings. The number of carbonyl (C=O) groups excluding carboxylic acids is 1. The van der Waals surface area contributed by atoms with E-state index in [2.05, 4.69) is 10.3 Å². The summed E-state index contributed by atoms with van der Waals surface area (Å²) in [5, 5.41) is 2.63. The molecule has 0 unspecified atom stereocenters. The van der Waals surface area contributed by atoms with E-state index in [1.165, 1.54) is 51.9 Å². The first-order valence-electron chi connectivity index (χ1n) is 9.20. The fourth-order valence-corrected chi connectivity index (χ4v) is 4.54. The van der Waals surface area contributed by atoms with Gasteiger partial charge in [0.2, 0.25) is 5.91 Å². The third-order valence-corrected chi connectivity index (χ3v) is 6.58. The molecule has 0 spiro atoms. The van der Waals surface area contributed by atoms with E-state index in [0.29, 0.717) is 20.4 Å². The lowest BCUT2D eigenvalue weighted by Gasteiger charge is -2.12. The summed E-state index contributed by atoms with van der Waals surface area (Å²) in [7, 11) is 0. The van der Waals surface area contributed by atoms with Gasteiger partial charge in [0.1, 0.15) is 17.1 Å².